The third kappa shape index (κ3) is 3.36. The Balaban J connectivity index is 2.10. The molecule has 1 aliphatic heterocycles. The van der Waals surface area contributed by atoms with Crippen molar-refractivity contribution in [3.05, 3.63) is 15.6 Å². The maximum Gasteiger partial charge on any atom is 0.0985 e. The quantitative estimate of drug-likeness (QED) is 0.920. The number of nitrogens with zero attached hydrogens (tertiary/aromatic N) is 1. The molecule has 19 heavy (non-hydrogen) atoms. The first kappa shape index (κ1) is 14.9. The van der Waals surface area contributed by atoms with Gasteiger partial charge in [-0.25, -0.2) is 4.98 Å². The monoisotopic (exact) mass is 282 g/mol. The van der Waals surface area contributed by atoms with Gasteiger partial charge in [-0.05, 0) is 27.2 Å². The smallest absolute Gasteiger partial charge is 0.0985 e. The van der Waals surface area contributed by atoms with Gasteiger partial charge in [0.15, 0.2) is 0 Å². The maximum absolute atomic E-state index is 5.62. The summed E-state index contributed by atoms with van der Waals surface area (Å²) < 4.78 is 5.62. The van der Waals surface area contributed by atoms with Crippen LogP contribution in [-0.4, -0.2) is 23.7 Å². The number of aryl methyl sites for hydroxylation is 1. The molecule has 108 valence electrons. The van der Waals surface area contributed by atoms with Crippen LogP contribution in [0.3, 0.4) is 0 Å². The maximum atomic E-state index is 5.62. The highest BCUT2D eigenvalue weighted by Gasteiger charge is 2.28. The summed E-state index contributed by atoms with van der Waals surface area (Å²) in [6, 6.07) is 0.817. The molecule has 0 amide bonds. The lowest BCUT2D eigenvalue weighted by atomic mass is 9.98. The van der Waals surface area contributed by atoms with Crippen LogP contribution in [0.25, 0.3) is 0 Å². The van der Waals surface area contributed by atoms with Gasteiger partial charge in [-0.3, -0.25) is 0 Å². The summed E-state index contributed by atoms with van der Waals surface area (Å²) in [4.78, 5) is 6.11. The van der Waals surface area contributed by atoms with Gasteiger partial charge in [0.05, 0.1) is 16.8 Å². The van der Waals surface area contributed by atoms with Crippen molar-refractivity contribution < 1.29 is 4.74 Å². The normalized spacial score (nSPS) is 25.8. The summed E-state index contributed by atoms with van der Waals surface area (Å²) in [6.45, 7) is 14.0. The minimum absolute atomic E-state index is 0.136. The number of hydrogen-bond donors (Lipinski definition) is 1. The van der Waals surface area contributed by atoms with Gasteiger partial charge in [-0.1, -0.05) is 20.8 Å². The number of ether oxygens (including phenoxy) is 1. The topological polar surface area (TPSA) is 34.2 Å². The van der Waals surface area contributed by atoms with E-state index >= 15 is 0 Å². The largest absolute Gasteiger partial charge is 0.377 e. The third-order valence-electron chi connectivity index (χ3n) is 3.71. The summed E-state index contributed by atoms with van der Waals surface area (Å²) in [6.07, 6.45) is 1.42. The molecule has 2 rings (SSSR count). The van der Waals surface area contributed by atoms with Crippen LogP contribution in [0.1, 0.15) is 62.7 Å². The predicted octanol–water partition coefficient (Wildman–Crippen LogP) is 3.58. The van der Waals surface area contributed by atoms with Gasteiger partial charge in [0.2, 0.25) is 0 Å². The first-order valence-electron chi connectivity index (χ1n) is 7.14. The zero-order chi connectivity index (χ0) is 14.2. The summed E-state index contributed by atoms with van der Waals surface area (Å²) >= 11 is 1.84. The van der Waals surface area contributed by atoms with Crippen molar-refractivity contribution in [3.63, 3.8) is 0 Å². The van der Waals surface area contributed by atoms with Crippen molar-refractivity contribution >= 4 is 11.3 Å². The Kier molecular flexibility index (Phi) is 4.33. The number of nitrogens with one attached hydrogen (secondary N) is 1. The Morgan fingerprint density at radius 1 is 1.42 bits per heavy atom. The van der Waals surface area contributed by atoms with Crippen molar-refractivity contribution in [2.75, 3.05) is 6.61 Å². The SMILES string of the molecule is Cc1nc(C(C)(C)C)sc1C(C)NC1CCOC1C. The van der Waals surface area contributed by atoms with Crippen molar-refractivity contribution in [2.24, 2.45) is 0 Å². The van der Waals surface area contributed by atoms with Crippen molar-refractivity contribution in [1.29, 1.82) is 0 Å². The molecular weight excluding hydrogens is 256 g/mol. The second-order valence-corrected chi connectivity index (χ2v) is 7.61. The van der Waals surface area contributed by atoms with Gasteiger partial charge in [0, 0.05) is 29.0 Å². The molecule has 0 aromatic carbocycles. The molecule has 1 aromatic heterocycles. The van der Waals surface area contributed by atoms with E-state index < -0.39 is 0 Å². The van der Waals surface area contributed by atoms with E-state index in [1.54, 1.807) is 0 Å². The fourth-order valence-electron chi connectivity index (χ4n) is 2.48. The fraction of sp³-hybridized carbons (Fsp3) is 0.800. The van der Waals surface area contributed by atoms with E-state index in [2.05, 4.69) is 46.9 Å². The summed E-state index contributed by atoms with van der Waals surface area (Å²) in [7, 11) is 0. The number of aromatic nitrogens is 1. The van der Waals surface area contributed by atoms with E-state index in [1.165, 1.54) is 15.6 Å². The Morgan fingerprint density at radius 2 is 2.11 bits per heavy atom. The molecule has 1 aliphatic rings. The minimum Gasteiger partial charge on any atom is -0.377 e. The molecule has 1 N–H and O–H groups in total. The van der Waals surface area contributed by atoms with Gasteiger partial charge in [0.1, 0.15) is 0 Å². The Bertz CT molecular complexity index is 436. The molecule has 0 aliphatic carbocycles. The van der Waals surface area contributed by atoms with Crippen LogP contribution in [0.5, 0.6) is 0 Å². The molecule has 1 fully saturated rings. The van der Waals surface area contributed by atoms with E-state index in [9.17, 15) is 0 Å². The van der Waals surface area contributed by atoms with Crippen LogP contribution in [0.15, 0.2) is 0 Å². The molecule has 1 saturated heterocycles. The standard InChI is InChI=1S/C15H26N2OS/c1-9(16-12-7-8-18-11(12)3)13-10(2)17-14(19-13)15(4,5)6/h9,11-12,16H,7-8H2,1-6H3. The molecule has 0 saturated carbocycles. The third-order valence-corrected chi connectivity index (χ3v) is 5.47. The first-order chi connectivity index (χ1) is 8.79. The number of thiazole rings is 1. The van der Waals surface area contributed by atoms with Crippen molar-refractivity contribution in [3.8, 4) is 0 Å². The molecule has 0 spiro atoms. The van der Waals surface area contributed by atoms with Gasteiger partial charge < -0.3 is 10.1 Å². The Morgan fingerprint density at radius 3 is 2.58 bits per heavy atom. The Labute approximate surface area is 120 Å². The van der Waals surface area contributed by atoms with E-state index in [1.807, 2.05) is 11.3 Å². The molecule has 2 heterocycles. The highest BCUT2D eigenvalue weighted by Crippen LogP contribution is 2.33. The summed E-state index contributed by atoms with van der Waals surface area (Å²) in [5.41, 5.74) is 1.30. The minimum atomic E-state index is 0.136. The average molecular weight is 282 g/mol. The second kappa shape index (κ2) is 5.51. The zero-order valence-electron chi connectivity index (χ0n) is 12.9. The van der Waals surface area contributed by atoms with E-state index in [4.69, 9.17) is 9.72 Å². The van der Waals surface area contributed by atoms with E-state index in [0.29, 0.717) is 18.2 Å². The molecule has 3 unspecified atom stereocenters. The number of hydrogen-bond acceptors (Lipinski definition) is 4. The van der Waals surface area contributed by atoms with Crippen molar-refractivity contribution in [2.45, 2.75) is 71.6 Å². The van der Waals surface area contributed by atoms with E-state index in [0.717, 1.165) is 13.0 Å². The van der Waals surface area contributed by atoms with Crippen LogP contribution in [0, 0.1) is 6.92 Å². The van der Waals surface area contributed by atoms with Gasteiger partial charge in [-0.2, -0.15) is 0 Å². The highest BCUT2D eigenvalue weighted by molar-refractivity contribution is 7.12. The lowest BCUT2D eigenvalue weighted by molar-refractivity contribution is 0.111. The zero-order valence-corrected chi connectivity index (χ0v) is 13.7. The van der Waals surface area contributed by atoms with Gasteiger partial charge in [-0.15, -0.1) is 11.3 Å². The first-order valence-corrected chi connectivity index (χ1v) is 7.96. The van der Waals surface area contributed by atoms with Crippen LogP contribution in [0.4, 0.5) is 0 Å². The van der Waals surface area contributed by atoms with E-state index in [-0.39, 0.29) is 5.41 Å². The second-order valence-electron chi connectivity index (χ2n) is 6.58. The fourth-order valence-corrected chi connectivity index (χ4v) is 3.61. The molecule has 3 nitrogen and oxygen atoms in total. The lowest BCUT2D eigenvalue weighted by Gasteiger charge is -2.21. The van der Waals surface area contributed by atoms with Gasteiger partial charge in [0.25, 0.3) is 0 Å². The molecule has 4 heteroatoms. The summed E-state index contributed by atoms with van der Waals surface area (Å²) in [5.74, 6) is 0. The molecular formula is C15H26N2OS. The van der Waals surface area contributed by atoms with Crippen LogP contribution < -0.4 is 5.32 Å². The molecule has 1 aromatic rings. The number of rotatable bonds is 3. The molecule has 0 bridgehead atoms. The predicted molar refractivity (Wildman–Crippen MR) is 80.9 cm³/mol. The molecule has 0 radical (unpaired) electrons. The lowest BCUT2D eigenvalue weighted by Crippen LogP contribution is -2.36. The summed E-state index contributed by atoms with van der Waals surface area (Å²) in [5, 5.41) is 4.92. The molecule has 3 atom stereocenters. The van der Waals surface area contributed by atoms with Crippen LogP contribution in [0.2, 0.25) is 0 Å². The average Bonchev–Trinajstić information content (AvgIpc) is 2.85. The van der Waals surface area contributed by atoms with Crippen LogP contribution >= 0.6 is 11.3 Å². The highest BCUT2D eigenvalue weighted by atomic mass is 32.1. The van der Waals surface area contributed by atoms with Crippen molar-refractivity contribution in [1.82, 2.24) is 10.3 Å². The van der Waals surface area contributed by atoms with Crippen LogP contribution in [-0.2, 0) is 10.2 Å². The Hall–Kier alpha value is -0.450. The van der Waals surface area contributed by atoms with Gasteiger partial charge >= 0.3 is 0 Å².